The molecule has 1 aromatic rings. The van der Waals surface area contributed by atoms with E-state index in [9.17, 15) is 14.3 Å². The minimum Gasteiger partial charge on any atom is -0.508 e. The Balaban J connectivity index is 2.48. The van der Waals surface area contributed by atoms with E-state index in [4.69, 9.17) is 0 Å². The van der Waals surface area contributed by atoms with Crippen LogP contribution in [0.5, 0.6) is 5.75 Å². The summed E-state index contributed by atoms with van der Waals surface area (Å²) in [7, 11) is 0. The van der Waals surface area contributed by atoms with Crippen molar-refractivity contribution in [1.82, 2.24) is 0 Å². The lowest BCUT2D eigenvalue weighted by molar-refractivity contribution is 0.247. The van der Waals surface area contributed by atoms with Gasteiger partial charge in [0, 0.05) is 5.56 Å². The minimum absolute atomic E-state index is 0.0656. The van der Waals surface area contributed by atoms with Crippen LogP contribution in [0.3, 0.4) is 0 Å². The van der Waals surface area contributed by atoms with Gasteiger partial charge < -0.3 is 5.11 Å². The molecule has 0 aromatic heterocycles. The molecular formula is C12H12FNO2. The molecule has 0 aliphatic heterocycles. The van der Waals surface area contributed by atoms with Gasteiger partial charge in [0.25, 0.3) is 0 Å². The summed E-state index contributed by atoms with van der Waals surface area (Å²) in [5.74, 6) is 0.0656. The van der Waals surface area contributed by atoms with Crippen molar-refractivity contribution in [2.75, 3.05) is 0 Å². The predicted octanol–water partition coefficient (Wildman–Crippen LogP) is 2.58. The number of hydrogen-bond acceptors (Lipinski definition) is 3. The molecule has 0 unspecified atom stereocenters. The Morgan fingerprint density at radius 2 is 2.25 bits per heavy atom. The number of aliphatic imine (C=N–C) groups is 1. The molecule has 0 amide bonds. The zero-order chi connectivity index (χ0) is 11.6. The van der Waals surface area contributed by atoms with E-state index < -0.39 is 12.2 Å². The molecule has 1 aliphatic rings. The maximum atomic E-state index is 12.5. The lowest BCUT2D eigenvalue weighted by Crippen LogP contribution is -2.32. The van der Waals surface area contributed by atoms with Crippen LogP contribution in [-0.2, 0) is 17.0 Å². The van der Waals surface area contributed by atoms with Crippen LogP contribution in [0, 0.1) is 0 Å². The number of aromatic hydroxyl groups is 1. The van der Waals surface area contributed by atoms with E-state index in [2.05, 4.69) is 4.99 Å². The van der Waals surface area contributed by atoms with E-state index in [1.807, 2.05) is 0 Å². The normalized spacial score (nSPS) is 17.3. The van der Waals surface area contributed by atoms with Crippen LogP contribution in [0.15, 0.2) is 23.2 Å². The van der Waals surface area contributed by atoms with Gasteiger partial charge in [-0.1, -0.05) is 6.07 Å². The van der Waals surface area contributed by atoms with Crippen LogP contribution in [0.1, 0.15) is 30.4 Å². The summed E-state index contributed by atoms with van der Waals surface area (Å²) >= 11 is 0. The first kappa shape index (κ1) is 10.8. The van der Waals surface area contributed by atoms with E-state index in [0.717, 1.165) is 6.42 Å². The zero-order valence-electron chi connectivity index (χ0n) is 8.74. The van der Waals surface area contributed by atoms with Crippen molar-refractivity contribution in [2.45, 2.75) is 31.5 Å². The Morgan fingerprint density at radius 1 is 1.50 bits per heavy atom. The van der Waals surface area contributed by atoms with Gasteiger partial charge in [-0.25, -0.2) is 9.18 Å². The molecule has 0 bridgehead atoms. The van der Waals surface area contributed by atoms with Crippen LogP contribution in [0.2, 0.25) is 0 Å². The van der Waals surface area contributed by atoms with E-state index in [0.29, 0.717) is 24.0 Å². The van der Waals surface area contributed by atoms with Gasteiger partial charge in [0.15, 0.2) is 0 Å². The average molecular weight is 221 g/mol. The summed E-state index contributed by atoms with van der Waals surface area (Å²) in [4.78, 5) is 14.2. The number of phenols is 1. The van der Waals surface area contributed by atoms with Gasteiger partial charge >= 0.3 is 0 Å². The highest BCUT2D eigenvalue weighted by Crippen LogP contribution is 2.47. The highest BCUT2D eigenvalue weighted by Gasteiger charge is 2.40. The van der Waals surface area contributed by atoms with E-state index in [1.165, 1.54) is 12.1 Å². The molecule has 0 saturated heterocycles. The SMILES string of the molecule is O=C=NC1(c2cc(CF)ccc2O)CCC1. The van der Waals surface area contributed by atoms with Crippen molar-refractivity contribution in [3.63, 3.8) is 0 Å². The van der Waals surface area contributed by atoms with E-state index in [-0.39, 0.29) is 5.75 Å². The minimum atomic E-state index is -0.670. The quantitative estimate of drug-likeness (QED) is 0.630. The molecule has 3 nitrogen and oxygen atoms in total. The summed E-state index contributed by atoms with van der Waals surface area (Å²) < 4.78 is 12.5. The third-order valence-electron chi connectivity index (χ3n) is 3.16. The standard InChI is InChI=1S/C12H12FNO2/c13-7-9-2-3-11(16)10(6-9)12(14-8-15)4-1-5-12/h2-3,6,16H,1,4-5,7H2. The molecule has 0 radical (unpaired) electrons. The van der Waals surface area contributed by atoms with Gasteiger partial charge in [0.1, 0.15) is 18.0 Å². The Morgan fingerprint density at radius 3 is 2.75 bits per heavy atom. The smallest absolute Gasteiger partial charge is 0.235 e. The lowest BCUT2D eigenvalue weighted by atomic mass is 9.72. The maximum absolute atomic E-state index is 12.5. The zero-order valence-corrected chi connectivity index (χ0v) is 8.74. The highest BCUT2D eigenvalue weighted by atomic mass is 19.1. The van der Waals surface area contributed by atoms with Gasteiger partial charge in [0.2, 0.25) is 6.08 Å². The Labute approximate surface area is 92.6 Å². The molecule has 0 spiro atoms. The monoisotopic (exact) mass is 221 g/mol. The first-order valence-electron chi connectivity index (χ1n) is 5.19. The predicted molar refractivity (Wildman–Crippen MR) is 56.6 cm³/mol. The van der Waals surface area contributed by atoms with Gasteiger partial charge in [-0.2, -0.15) is 4.99 Å². The Bertz CT molecular complexity index is 448. The van der Waals surface area contributed by atoms with Crippen LogP contribution in [-0.4, -0.2) is 11.2 Å². The Kier molecular flexibility index (Phi) is 2.75. The molecule has 0 heterocycles. The first-order chi connectivity index (χ1) is 7.72. The summed E-state index contributed by atoms with van der Waals surface area (Å²) in [6.45, 7) is -0.589. The molecule has 1 fully saturated rings. The maximum Gasteiger partial charge on any atom is 0.235 e. The third-order valence-corrected chi connectivity index (χ3v) is 3.16. The number of rotatable bonds is 3. The summed E-state index contributed by atoms with van der Waals surface area (Å²) in [6.07, 6.45) is 3.89. The van der Waals surface area contributed by atoms with Gasteiger partial charge in [-0.05, 0) is 37.0 Å². The fraction of sp³-hybridized carbons (Fsp3) is 0.417. The molecule has 1 N–H and O–H groups in total. The average Bonchev–Trinajstić information content (AvgIpc) is 2.25. The number of carbonyl (C=O) groups excluding carboxylic acids is 1. The molecule has 0 atom stereocenters. The Hall–Kier alpha value is -1.67. The number of hydrogen-bond donors (Lipinski definition) is 1. The molecule has 1 saturated carbocycles. The van der Waals surface area contributed by atoms with Crippen molar-refractivity contribution < 1.29 is 14.3 Å². The molecule has 1 aliphatic carbocycles. The molecular weight excluding hydrogens is 209 g/mol. The van der Waals surface area contributed by atoms with Gasteiger partial charge in [0.05, 0.1) is 0 Å². The molecule has 4 heteroatoms. The summed E-state index contributed by atoms with van der Waals surface area (Å²) in [5, 5.41) is 9.75. The molecule has 1 aromatic carbocycles. The van der Waals surface area contributed by atoms with Crippen molar-refractivity contribution in [1.29, 1.82) is 0 Å². The number of phenolic OH excluding ortho intramolecular Hbond substituents is 1. The van der Waals surface area contributed by atoms with Crippen LogP contribution in [0.25, 0.3) is 0 Å². The molecule has 84 valence electrons. The van der Waals surface area contributed by atoms with Crippen molar-refractivity contribution in [3.05, 3.63) is 29.3 Å². The number of alkyl halides is 1. The number of halogens is 1. The summed E-state index contributed by atoms with van der Waals surface area (Å²) in [6, 6.07) is 4.55. The second-order valence-electron chi connectivity index (χ2n) is 4.07. The highest BCUT2D eigenvalue weighted by molar-refractivity contribution is 5.46. The fourth-order valence-electron chi connectivity index (χ4n) is 2.08. The van der Waals surface area contributed by atoms with E-state index in [1.54, 1.807) is 12.1 Å². The van der Waals surface area contributed by atoms with Gasteiger partial charge in [-0.3, -0.25) is 0 Å². The summed E-state index contributed by atoms with van der Waals surface area (Å²) in [5.41, 5.74) is 0.356. The third kappa shape index (κ3) is 1.61. The molecule has 16 heavy (non-hydrogen) atoms. The van der Waals surface area contributed by atoms with Crippen molar-refractivity contribution in [2.24, 2.45) is 4.99 Å². The van der Waals surface area contributed by atoms with Gasteiger partial charge in [-0.15, -0.1) is 0 Å². The number of nitrogens with zero attached hydrogens (tertiary/aromatic N) is 1. The van der Waals surface area contributed by atoms with Crippen LogP contribution in [0.4, 0.5) is 4.39 Å². The van der Waals surface area contributed by atoms with Crippen molar-refractivity contribution in [3.8, 4) is 5.75 Å². The van der Waals surface area contributed by atoms with E-state index >= 15 is 0 Å². The number of isocyanates is 1. The van der Waals surface area contributed by atoms with Crippen LogP contribution < -0.4 is 0 Å². The second kappa shape index (κ2) is 4.06. The number of benzene rings is 1. The second-order valence-corrected chi connectivity index (χ2v) is 4.07. The van der Waals surface area contributed by atoms with Crippen molar-refractivity contribution >= 4 is 6.08 Å². The fourth-order valence-corrected chi connectivity index (χ4v) is 2.08. The largest absolute Gasteiger partial charge is 0.508 e. The topological polar surface area (TPSA) is 49.7 Å². The lowest BCUT2D eigenvalue weighted by Gasteiger charge is -2.37. The van der Waals surface area contributed by atoms with Crippen LogP contribution >= 0.6 is 0 Å². The molecule has 2 rings (SSSR count). The first-order valence-corrected chi connectivity index (χ1v) is 5.19.